The lowest BCUT2D eigenvalue weighted by molar-refractivity contribution is -0.120. The summed E-state index contributed by atoms with van der Waals surface area (Å²) in [7, 11) is 3.18. The minimum atomic E-state index is -0.743. The van der Waals surface area contributed by atoms with Gasteiger partial charge in [-0.1, -0.05) is 30.3 Å². The molecular weight excluding hydrogens is 278 g/mol. The summed E-state index contributed by atoms with van der Waals surface area (Å²) >= 11 is 0. The van der Waals surface area contributed by atoms with Gasteiger partial charge in [0.05, 0.1) is 25.3 Å². The van der Waals surface area contributed by atoms with Crippen molar-refractivity contribution in [2.45, 2.75) is 19.3 Å². The third kappa shape index (κ3) is 3.06. The molecule has 1 amide bonds. The van der Waals surface area contributed by atoms with Crippen LogP contribution in [0.25, 0.3) is 0 Å². The number of hydrogen-bond donors (Lipinski definition) is 1. The third-order valence-electron chi connectivity index (χ3n) is 3.70. The highest BCUT2D eigenvalue weighted by Crippen LogP contribution is 2.33. The fourth-order valence-electron chi connectivity index (χ4n) is 2.31. The Balaban J connectivity index is 2.31. The van der Waals surface area contributed by atoms with E-state index in [1.165, 1.54) is 0 Å². The molecule has 0 aromatic heterocycles. The van der Waals surface area contributed by atoms with Gasteiger partial charge in [0.25, 0.3) is 0 Å². The van der Waals surface area contributed by atoms with Crippen molar-refractivity contribution in [3.8, 4) is 11.5 Å². The third-order valence-corrected chi connectivity index (χ3v) is 3.70. The lowest BCUT2D eigenvalue weighted by Crippen LogP contribution is -2.35. The molecule has 0 bridgehead atoms. The molecule has 0 spiro atoms. The number of para-hydroxylation sites is 3. The summed E-state index contributed by atoms with van der Waals surface area (Å²) in [6, 6.07) is 14.9. The van der Waals surface area contributed by atoms with Crippen LogP contribution in [0.5, 0.6) is 11.5 Å². The van der Waals surface area contributed by atoms with E-state index in [0.717, 1.165) is 5.56 Å². The van der Waals surface area contributed by atoms with Crippen molar-refractivity contribution in [1.29, 1.82) is 0 Å². The second-order valence-corrected chi connectivity index (χ2v) is 5.48. The molecule has 2 aromatic rings. The van der Waals surface area contributed by atoms with E-state index in [-0.39, 0.29) is 5.91 Å². The van der Waals surface area contributed by atoms with E-state index in [9.17, 15) is 4.79 Å². The number of carbonyl (C=O) groups excluding carboxylic acids is 1. The van der Waals surface area contributed by atoms with Gasteiger partial charge >= 0.3 is 0 Å². The van der Waals surface area contributed by atoms with Gasteiger partial charge in [0.1, 0.15) is 11.5 Å². The van der Waals surface area contributed by atoms with Gasteiger partial charge in [-0.25, -0.2) is 0 Å². The number of nitrogens with one attached hydrogen (secondary N) is 1. The Morgan fingerprint density at radius 3 is 2.09 bits per heavy atom. The monoisotopic (exact) mass is 299 g/mol. The minimum Gasteiger partial charge on any atom is -0.496 e. The smallest absolute Gasteiger partial charge is 0.234 e. The average molecular weight is 299 g/mol. The molecular formula is C18H21NO3. The van der Waals surface area contributed by atoms with Crippen molar-refractivity contribution in [1.82, 2.24) is 0 Å². The topological polar surface area (TPSA) is 47.6 Å². The van der Waals surface area contributed by atoms with Crippen LogP contribution < -0.4 is 14.8 Å². The molecule has 0 unspecified atom stereocenters. The van der Waals surface area contributed by atoms with Crippen molar-refractivity contribution < 1.29 is 14.3 Å². The van der Waals surface area contributed by atoms with E-state index in [4.69, 9.17) is 9.47 Å². The van der Waals surface area contributed by atoms with Crippen molar-refractivity contribution in [2.24, 2.45) is 0 Å². The van der Waals surface area contributed by atoms with E-state index < -0.39 is 5.41 Å². The summed E-state index contributed by atoms with van der Waals surface area (Å²) in [5, 5.41) is 2.93. The maximum atomic E-state index is 12.7. The van der Waals surface area contributed by atoms with E-state index in [0.29, 0.717) is 17.2 Å². The van der Waals surface area contributed by atoms with Crippen LogP contribution in [-0.4, -0.2) is 20.1 Å². The molecule has 0 aliphatic heterocycles. The number of hydrogen-bond acceptors (Lipinski definition) is 3. The minimum absolute atomic E-state index is 0.124. The molecule has 2 aromatic carbocycles. The van der Waals surface area contributed by atoms with Gasteiger partial charge in [0, 0.05) is 5.56 Å². The highest BCUT2D eigenvalue weighted by Gasteiger charge is 2.32. The van der Waals surface area contributed by atoms with Gasteiger partial charge in [-0.3, -0.25) is 4.79 Å². The van der Waals surface area contributed by atoms with Crippen LogP contribution >= 0.6 is 0 Å². The van der Waals surface area contributed by atoms with Crippen LogP contribution in [0.1, 0.15) is 19.4 Å². The molecule has 2 rings (SSSR count). The first-order valence-electron chi connectivity index (χ1n) is 7.08. The average Bonchev–Trinajstić information content (AvgIpc) is 2.55. The van der Waals surface area contributed by atoms with Crippen LogP contribution in [0.15, 0.2) is 48.5 Å². The summed E-state index contributed by atoms with van der Waals surface area (Å²) in [6.45, 7) is 3.74. The Kier molecular flexibility index (Phi) is 4.71. The summed E-state index contributed by atoms with van der Waals surface area (Å²) in [5.74, 6) is 1.20. The van der Waals surface area contributed by atoms with Crippen LogP contribution in [0.3, 0.4) is 0 Å². The summed E-state index contributed by atoms with van der Waals surface area (Å²) in [5.41, 5.74) is 0.746. The fraction of sp³-hybridized carbons (Fsp3) is 0.278. The Morgan fingerprint density at radius 1 is 0.909 bits per heavy atom. The molecule has 0 radical (unpaired) electrons. The number of carbonyl (C=O) groups is 1. The molecule has 4 heteroatoms. The summed E-state index contributed by atoms with van der Waals surface area (Å²) in [4.78, 5) is 12.7. The van der Waals surface area contributed by atoms with Gasteiger partial charge in [-0.15, -0.1) is 0 Å². The van der Waals surface area contributed by atoms with E-state index in [1.807, 2.05) is 62.4 Å². The fourth-order valence-corrected chi connectivity index (χ4v) is 2.31. The Morgan fingerprint density at radius 2 is 1.45 bits per heavy atom. The van der Waals surface area contributed by atoms with Crippen LogP contribution in [0.2, 0.25) is 0 Å². The summed E-state index contributed by atoms with van der Waals surface area (Å²) < 4.78 is 10.6. The van der Waals surface area contributed by atoms with Crippen molar-refractivity contribution in [3.05, 3.63) is 54.1 Å². The number of anilines is 1. The van der Waals surface area contributed by atoms with Gasteiger partial charge < -0.3 is 14.8 Å². The van der Waals surface area contributed by atoms with E-state index >= 15 is 0 Å². The molecule has 0 fully saturated rings. The highest BCUT2D eigenvalue weighted by atomic mass is 16.5. The molecule has 0 aliphatic rings. The predicted octanol–water partition coefficient (Wildman–Crippen LogP) is 3.62. The molecule has 116 valence electrons. The molecule has 4 nitrogen and oxygen atoms in total. The normalized spacial score (nSPS) is 10.9. The molecule has 0 aliphatic carbocycles. The van der Waals surface area contributed by atoms with Gasteiger partial charge in [-0.2, -0.15) is 0 Å². The Hall–Kier alpha value is -2.49. The first kappa shape index (κ1) is 15.9. The molecule has 0 saturated heterocycles. The number of ether oxygens (including phenoxy) is 2. The molecule has 22 heavy (non-hydrogen) atoms. The zero-order valence-electron chi connectivity index (χ0n) is 13.3. The van der Waals surface area contributed by atoms with E-state index in [1.54, 1.807) is 14.2 Å². The van der Waals surface area contributed by atoms with Crippen LogP contribution in [-0.2, 0) is 10.2 Å². The zero-order chi connectivity index (χ0) is 16.2. The molecule has 0 atom stereocenters. The molecule has 0 heterocycles. The largest absolute Gasteiger partial charge is 0.496 e. The number of amides is 1. The molecule has 0 saturated carbocycles. The van der Waals surface area contributed by atoms with Crippen LogP contribution in [0, 0.1) is 0 Å². The van der Waals surface area contributed by atoms with Crippen molar-refractivity contribution in [3.63, 3.8) is 0 Å². The first-order valence-corrected chi connectivity index (χ1v) is 7.08. The quantitative estimate of drug-likeness (QED) is 0.917. The maximum absolute atomic E-state index is 12.7. The van der Waals surface area contributed by atoms with Gasteiger partial charge in [0.15, 0.2) is 0 Å². The second-order valence-electron chi connectivity index (χ2n) is 5.48. The van der Waals surface area contributed by atoms with Gasteiger partial charge in [-0.05, 0) is 32.0 Å². The number of methoxy groups -OCH3 is 2. The maximum Gasteiger partial charge on any atom is 0.234 e. The zero-order valence-corrected chi connectivity index (χ0v) is 13.3. The molecule has 1 N–H and O–H groups in total. The number of benzene rings is 2. The summed E-state index contributed by atoms with van der Waals surface area (Å²) in [6.07, 6.45) is 0. The lowest BCUT2D eigenvalue weighted by atomic mass is 9.83. The SMILES string of the molecule is COc1ccccc1NC(=O)C(C)(C)c1ccccc1OC. The van der Waals surface area contributed by atoms with Crippen molar-refractivity contribution in [2.75, 3.05) is 19.5 Å². The van der Waals surface area contributed by atoms with Crippen molar-refractivity contribution >= 4 is 11.6 Å². The highest BCUT2D eigenvalue weighted by molar-refractivity contribution is 6.00. The Bertz CT molecular complexity index is 665. The number of rotatable bonds is 5. The standard InChI is InChI=1S/C18H21NO3/c1-18(2,13-9-5-7-11-15(13)21-3)17(20)19-14-10-6-8-12-16(14)22-4/h5-12H,1-4H3,(H,19,20). The lowest BCUT2D eigenvalue weighted by Gasteiger charge is -2.26. The Labute approximate surface area is 131 Å². The second kappa shape index (κ2) is 6.52. The van der Waals surface area contributed by atoms with Gasteiger partial charge in [0.2, 0.25) is 5.91 Å². The first-order chi connectivity index (χ1) is 10.5. The van der Waals surface area contributed by atoms with E-state index in [2.05, 4.69) is 5.32 Å². The predicted molar refractivity (Wildman–Crippen MR) is 87.6 cm³/mol. The van der Waals surface area contributed by atoms with Crippen LogP contribution in [0.4, 0.5) is 5.69 Å².